The van der Waals surface area contributed by atoms with Crippen molar-refractivity contribution in [2.75, 3.05) is 14.2 Å². The second kappa shape index (κ2) is 6.38. The summed E-state index contributed by atoms with van der Waals surface area (Å²) in [7, 11) is 3.14. The van der Waals surface area contributed by atoms with Crippen molar-refractivity contribution >= 4 is 0 Å². The Balaban J connectivity index is 2.62. The normalized spacial score (nSPS) is 15.8. The molecular formula is C13H20O3. The highest BCUT2D eigenvalue weighted by molar-refractivity contribution is 5.38. The Bertz CT molecular complexity index is 382. The van der Waals surface area contributed by atoms with Crippen molar-refractivity contribution in [2.45, 2.75) is 32.2 Å². The number of benzene rings is 1. The van der Waals surface area contributed by atoms with Crippen molar-refractivity contribution in [3.8, 4) is 11.5 Å². The van der Waals surface area contributed by atoms with Crippen LogP contribution in [0.3, 0.4) is 0 Å². The fourth-order valence-electron chi connectivity index (χ4n) is 1.45. The number of aryl methyl sites for hydroxylation is 1. The lowest BCUT2D eigenvalue weighted by Gasteiger charge is -2.10. The van der Waals surface area contributed by atoms with Gasteiger partial charge in [-0.25, -0.2) is 0 Å². The summed E-state index contributed by atoms with van der Waals surface area (Å²) in [4.78, 5) is 0. The van der Waals surface area contributed by atoms with Crippen molar-refractivity contribution in [2.24, 2.45) is 0 Å². The Kier molecular flexibility index (Phi) is 3.54. The molecule has 3 nitrogen and oxygen atoms in total. The maximum absolute atomic E-state index is 9.68. The van der Waals surface area contributed by atoms with Crippen LogP contribution in [0.4, 0.5) is 0 Å². The number of hydrogen-bond donors (Lipinski definition) is 1. The molecular weight excluding hydrogens is 204 g/mol. The van der Waals surface area contributed by atoms with Gasteiger partial charge in [-0.3, -0.25) is 0 Å². The number of methoxy groups -OCH3 is 2. The van der Waals surface area contributed by atoms with Crippen molar-refractivity contribution in [1.29, 1.82) is 0 Å². The van der Waals surface area contributed by atoms with Gasteiger partial charge in [0.25, 0.3) is 0 Å². The summed E-state index contributed by atoms with van der Waals surface area (Å²) < 4.78 is 31.6. The zero-order valence-corrected chi connectivity index (χ0v) is 9.69. The van der Waals surface area contributed by atoms with Gasteiger partial charge in [-0.1, -0.05) is 6.85 Å². The van der Waals surface area contributed by atoms with Gasteiger partial charge in [0.05, 0.1) is 20.3 Å². The lowest BCUT2D eigenvalue weighted by atomic mass is 10.0. The summed E-state index contributed by atoms with van der Waals surface area (Å²) in [5, 5.41) is 9.68. The zero-order valence-electron chi connectivity index (χ0n) is 12.7. The van der Waals surface area contributed by atoms with Crippen LogP contribution in [0.15, 0.2) is 18.2 Å². The van der Waals surface area contributed by atoms with Crippen LogP contribution in [0.5, 0.6) is 11.5 Å². The lowest BCUT2D eigenvalue weighted by Crippen LogP contribution is -2.05. The highest BCUT2D eigenvalue weighted by Crippen LogP contribution is 2.23. The minimum atomic E-state index is -2.09. The molecule has 90 valence electrons. The van der Waals surface area contributed by atoms with Crippen LogP contribution < -0.4 is 9.47 Å². The summed E-state index contributed by atoms with van der Waals surface area (Å²) in [5.41, 5.74) is 0.945. The van der Waals surface area contributed by atoms with Gasteiger partial charge in [-0.2, -0.15) is 0 Å². The van der Waals surface area contributed by atoms with Crippen LogP contribution in [0.2, 0.25) is 0 Å². The van der Waals surface area contributed by atoms with Crippen molar-refractivity contribution in [3.05, 3.63) is 23.8 Å². The third-order valence-electron chi connectivity index (χ3n) is 2.41. The van der Waals surface area contributed by atoms with Crippen molar-refractivity contribution in [3.63, 3.8) is 0 Å². The van der Waals surface area contributed by atoms with Gasteiger partial charge in [0, 0.05) is 10.2 Å². The molecule has 1 unspecified atom stereocenters. The highest BCUT2D eigenvalue weighted by Gasteiger charge is 2.05. The Morgan fingerprint density at radius 3 is 2.38 bits per heavy atom. The number of ether oxygens (including phenoxy) is 2. The summed E-state index contributed by atoms with van der Waals surface area (Å²) in [6.07, 6.45) is -0.0436. The molecule has 1 aromatic rings. The minimum absolute atomic E-state index is 0.186. The van der Waals surface area contributed by atoms with Gasteiger partial charge in [0.15, 0.2) is 0 Å². The Morgan fingerprint density at radius 2 is 1.88 bits per heavy atom. The largest absolute Gasteiger partial charge is 0.497 e. The molecule has 0 fully saturated rings. The van der Waals surface area contributed by atoms with Gasteiger partial charge in [0.1, 0.15) is 11.5 Å². The van der Waals surface area contributed by atoms with Gasteiger partial charge in [-0.05, 0) is 37.0 Å². The SMILES string of the molecule is [2H]C([2H])([2H])CC(O)CCc1cc(OC)cc(OC)c1. The van der Waals surface area contributed by atoms with E-state index in [1.165, 1.54) is 0 Å². The number of aliphatic hydroxyl groups excluding tert-OH is 1. The lowest BCUT2D eigenvalue weighted by molar-refractivity contribution is 0.160. The van der Waals surface area contributed by atoms with Crippen molar-refractivity contribution < 1.29 is 18.7 Å². The maximum Gasteiger partial charge on any atom is 0.122 e. The smallest absolute Gasteiger partial charge is 0.122 e. The van der Waals surface area contributed by atoms with Crippen LogP contribution in [-0.2, 0) is 6.42 Å². The van der Waals surface area contributed by atoms with E-state index in [4.69, 9.17) is 13.6 Å². The third kappa shape index (κ3) is 3.74. The molecule has 0 aliphatic heterocycles. The molecule has 0 saturated heterocycles. The van der Waals surface area contributed by atoms with E-state index in [1.807, 2.05) is 12.1 Å². The Hall–Kier alpha value is -1.22. The van der Waals surface area contributed by atoms with Crippen LogP contribution in [0, 0.1) is 0 Å². The van der Waals surface area contributed by atoms with E-state index in [1.54, 1.807) is 20.3 Å². The van der Waals surface area contributed by atoms with E-state index in [0.29, 0.717) is 24.3 Å². The second-order valence-corrected chi connectivity index (χ2v) is 3.62. The quantitative estimate of drug-likeness (QED) is 0.811. The first kappa shape index (κ1) is 8.88. The van der Waals surface area contributed by atoms with Crippen LogP contribution in [-0.4, -0.2) is 25.4 Å². The molecule has 1 aromatic carbocycles. The van der Waals surface area contributed by atoms with E-state index in [2.05, 4.69) is 0 Å². The summed E-state index contributed by atoms with van der Waals surface area (Å²) in [6, 6.07) is 5.47. The van der Waals surface area contributed by atoms with Crippen molar-refractivity contribution in [1.82, 2.24) is 0 Å². The molecule has 0 spiro atoms. The van der Waals surface area contributed by atoms with Gasteiger partial charge < -0.3 is 14.6 Å². The minimum Gasteiger partial charge on any atom is -0.497 e. The molecule has 0 aromatic heterocycles. The van der Waals surface area contributed by atoms with Crippen LogP contribution >= 0.6 is 0 Å². The van der Waals surface area contributed by atoms with E-state index < -0.39 is 13.0 Å². The van der Waals surface area contributed by atoms with E-state index >= 15 is 0 Å². The molecule has 3 heteroatoms. The molecule has 16 heavy (non-hydrogen) atoms. The standard InChI is InChI=1S/C13H20O3/c1-4-11(14)6-5-10-7-12(15-2)9-13(8-10)16-3/h7-9,11,14H,4-6H2,1-3H3/i1D3. The number of aliphatic hydroxyl groups is 1. The average Bonchev–Trinajstić information content (AvgIpc) is 2.33. The summed E-state index contributed by atoms with van der Waals surface area (Å²) in [5.74, 6) is 1.36. The highest BCUT2D eigenvalue weighted by atomic mass is 16.5. The van der Waals surface area contributed by atoms with Gasteiger partial charge >= 0.3 is 0 Å². The second-order valence-electron chi connectivity index (χ2n) is 3.62. The molecule has 0 aliphatic rings. The first-order chi connectivity index (χ1) is 8.84. The number of rotatable bonds is 6. The predicted octanol–water partition coefficient (Wildman–Crippen LogP) is 2.41. The predicted molar refractivity (Wildman–Crippen MR) is 64.2 cm³/mol. The maximum atomic E-state index is 9.68. The molecule has 0 heterocycles. The molecule has 1 atom stereocenters. The number of hydrogen-bond acceptors (Lipinski definition) is 3. The fourth-order valence-corrected chi connectivity index (χ4v) is 1.45. The molecule has 1 N–H and O–H groups in total. The first-order valence-corrected chi connectivity index (χ1v) is 5.24. The summed E-state index contributed by atoms with van der Waals surface area (Å²) in [6.45, 7) is -2.09. The third-order valence-corrected chi connectivity index (χ3v) is 2.41. The first-order valence-electron chi connectivity index (χ1n) is 6.74. The molecule has 0 bridgehead atoms. The molecule has 0 saturated carbocycles. The molecule has 0 radical (unpaired) electrons. The topological polar surface area (TPSA) is 38.7 Å². The van der Waals surface area contributed by atoms with Gasteiger partial charge in [-0.15, -0.1) is 0 Å². The summed E-state index contributed by atoms with van der Waals surface area (Å²) >= 11 is 0. The average molecular weight is 227 g/mol. The van der Waals surface area contributed by atoms with Gasteiger partial charge in [0.2, 0.25) is 0 Å². The fraction of sp³-hybridized carbons (Fsp3) is 0.538. The van der Waals surface area contributed by atoms with E-state index in [-0.39, 0.29) is 6.42 Å². The van der Waals surface area contributed by atoms with Crippen LogP contribution in [0.25, 0.3) is 0 Å². The van der Waals surface area contributed by atoms with E-state index in [0.717, 1.165) is 5.56 Å². The zero-order chi connectivity index (χ0) is 14.5. The van der Waals surface area contributed by atoms with E-state index in [9.17, 15) is 5.11 Å². The Labute approximate surface area is 101 Å². The van der Waals surface area contributed by atoms with Crippen LogP contribution in [0.1, 0.15) is 29.4 Å². The Morgan fingerprint density at radius 1 is 1.25 bits per heavy atom. The molecule has 0 amide bonds. The molecule has 0 aliphatic carbocycles. The molecule has 1 rings (SSSR count). The monoisotopic (exact) mass is 227 g/mol.